The van der Waals surface area contributed by atoms with E-state index < -0.39 is 14.9 Å². The van der Waals surface area contributed by atoms with Crippen LogP contribution in [0.4, 0.5) is 0 Å². The van der Waals surface area contributed by atoms with Gasteiger partial charge >= 0.3 is 0 Å². The van der Waals surface area contributed by atoms with Gasteiger partial charge in [-0.2, -0.15) is 8.42 Å². The Morgan fingerprint density at radius 1 is 1.09 bits per heavy atom. The van der Waals surface area contributed by atoms with Crippen LogP contribution in [-0.4, -0.2) is 13.0 Å². The molecule has 0 radical (unpaired) electrons. The summed E-state index contributed by atoms with van der Waals surface area (Å²) in [6.07, 6.45) is 8.99. The van der Waals surface area contributed by atoms with Crippen LogP contribution in [0.25, 0.3) is 6.08 Å². The Hall–Kier alpha value is -1.13. The summed E-state index contributed by atoms with van der Waals surface area (Å²) in [7, 11) is -4.18. The third-order valence-electron chi connectivity index (χ3n) is 4.85. The maximum Gasteiger partial charge on any atom is 0.275 e. The first-order valence-corrected chi connectivity index (χ1v) is 10.1. The van der Waals surface area contributed by atoms with Crippen molar-refractivity contribution in [3.05, 3.63) is 41.0 Å². The summed E-state index contributed by atoms with van der Waals surface area (Å²) in [4.78, 5) is 0. The molecule has 0 heterocycles. The first-order chi connectivity index (χ1) is 10.9. The normalized spacial score (nSPS) is 20.9. The van der Waals surface area contributed by atoms with Gasteiger partial charge < -0.3 is 0 Å². The Kier molecular flexibility index (Phi) is 6.04. The molecular formula is C19H28O3S. The van der Waals surface area contributed by atoms with Crippen LogP contribution < -0.4 is 0 Å². The highest BCUT2D eigenvalue weighted by molar-refractivity contribution is 7.86. The lowest BCUT2D eigenvalue weighted by Gasteiger charge is -2.36. The van der Waals surface area contributed by atoms with Crippen LogP contribution in [0.5, 0.6) is 0 Å². The number of hydrogen-bond donors (Lipinski definition) is 1. The molecule has 1 aliphatic carbocycles. The standard InChI is InChI=1S/C19H28O3S/c1-3-5-7-10-16-14-17-11-8-9-12-18(17)19(15-16,13-6-4-2)23(20,21)22/h8-9,11-12,14H,3-7,10,13,15H2,1-2H3,(H,20,21,22). The van der Waals surface area contributed by atoms with E-state index >= 15 is 0 Å². The van der Waals surface area contributed by atoms with Crippen molar-refractivity contribution < 1.29 is 13.0 Å². The lowest BCUT2D eigenvalue weighted by Crippen LogP contribution is -2.38. The van der Waals surface area contributed by atoms with E-state index in [1.54, 1.807) is 0 Å². The predicted molar refractivity (Wildman–Crippen MR) is 95.9 cm³/mol. The van der Waals surface area contributed by atoms with Gasteiger partial charge in [0.05, 0.1) is 0 Å². The number of allylic oxidation sites excluding steroid dienone is 1. The molecule has 0 aromatic heterocycles. The minimum atomic E-state index is -4.18. The lowest BCUT2D eigenvalue weighted by atomic mass is 9.78. The number of fused-ring (bicyclic) bond motifs is 1. The SMILES string of the molecule is CCCCCC1=Cc2ccccc2C(CCCC)(S(=O)(=O)O)C1. The van der Waals surface area contributed by atoms with Crippen molar-refractivity contribution in [2.45, 2.75) is 70.0 Å². The second kappa shape index (κ2) is 7.63. The van der Waals surface area contributed by atoms with Crippen LogP contribution in [0.3, 0.4) is 0 Å². The van der Waals surface area contributed by atoms with Crippen molar-refractivity contribution >= 4 is 16.2 Å². The molecule has 0 amide bonds. The molecule has 128 valence electrons. The summed E-state index contributed by atoms with van der Waals surface area (Å²) in [5.74, 6) is 0. The zero-order valence-corrected chi connectivity index (χ0v) is 15.0. The van der Waals surface area contributed by atoms with E-state index in [0.717, 1.165) is 55.2 Å². The first-order valence-electron chi connectivity index (χ1n) is 8.70. The minimum absolute atomic E-state index is 0.423. The molecule has 1 aromatic carbocycles. The lowest BCUT2D eigenvalue weighted by molar-refractivity contribution is 0.396. The molecule has 0 fully saturated rings. The molecular weight excluding hydrogens is 308 g/mol. The van der Waals surface area contributed by atoms with E-state index in [-0.39, 0.29) is 0 Å². The quantitative estimate of drug-likeness (QED) is 0.516. The molecule has 4 heteroatoms. The molecule has 1 aromatic rings. The van der Waals surface area contributed by atoms with Crippen LogP contribution in [0.1, 0.15) is 76.3 Å². The molecule has 1 unspecified atom stereocenters. The Labute approximate surface area is 140 Å². The van der Waals surface area contributed by atoms with Crippen molar-refractivity contribution in [3.63, 3.8) is 0 Å². The van der Waals surface area contributed by atoms with Crippen molar-refractivity contribution in [2.24, 2.45) is 0 Å². The summed E-state index contributed by atoms with van der Waals surface area (Å²) in [5.41, 5.74) is 2.85. The second-order valence-corrected chi connectivity index (χ2v) is 8.33. The van der Waals surface area contributed by atoms with Crippen molar-refractivity contribution in [1.29, 1.82) is 0 Å². The summed E-state index contributed by atoms with van der Waals surface area (Å²) in [6.45, 7) is 4.21. The summed E-state index contributed by atoms with van der Waals surface area (Å²) in [6, 6.07) is 7.61. The van der Waals surface area contributed by atoms with Gasteiger partial charge in [-0.25, -0.2) is 0 Å². The third-order valence-corrected chi connectivity index (χ3v) is 6.41. The third kappa shape index (κ3) is 3.86. The fourth-order valence-electron chi connectivity index (χ4n) is 3.58. The monoisotopic (exact) mass is 336 g/mol. The molecule has 0 saturated heterocycles. The highest BCUT2D eigenvalue weighted by Crippen LogP contribution is 2.47. The smallest absolute Gasteiger partial charge is 0.275 e. The number of unbranched alkanes of at least 4 members (excludes halogenated alkanes) is 3. The zero-order chi connectivity index (χ0) is 16.9. The Morgan fingerprint density at radius 3 is 2.43 bits per heavy atom. The molecule has 23 heavy (non-hydrogen) atoms. The van der Waals surface area contributed by atoms with Crippen molar-refractivity contribution in [3.8, 4) is 0 Å². The van der Waals surface area contributed by atoms with Crippen LogP contribution >= 0.6 is 0 Å². The predicted octanol–water partition coefficient (Wildman–Crippen LogP) is 5.33. The fraction of sp³-hybridized carbons (Fsp3) is 0.579. The van der Waals surface area contributed by atoms with Gasteiger partial charge in [-0.3, -0.25) is 4.55 Å². The maximum atomic E-state index is 12.4. The molecule has 3 nitrogen and oxygen atoms in total. The zero-order valence-electron chi connectivity index (χ0n) is 14.2. The molecule has 2 rings (SSSR count). The summed E-state index contributed by atoms with van der Waals surface area (Å²) < 4.78 is 33.7. The first kappa shape index (κ1) is 18.2. The van der Waals surface area contributed by atoms with Gasteiger partial charge in [0.15, 0.2) is 0 Å². The average Bonchev–Trinajstić information content (AvgIpc) is 2.51. The topological polar surface area (TPSA) is 54.4 Å². The molecule has 1 N–H and O–H groups in total. The van der Waals surface area contributed by atoms with E-state index in [4.69, 9.17) is 0 Å². The number of rotatable bonds is 8. The number of hydrogen-bond acceptors (Lipinski definition) is 2. The molecule has 0 spiro atoms. The number of benzene rings is 1. The van der Waals surface area contributed by atoms with Crippen LogP contribution in [0.2, 0.25) is 0 Å². The Bertz CT molecular complexity index is 661. The van der Waals surface area contributed by atoms with Crippen molar-refractivity contribution in [2.75, 3.05) is 0 Å². The van der Waals surface area contributed by atoms with E-state index in [0.29, 0.717) is 12.8 Å². The van der Waals surface area contributed by atoms with E-state index in [2.05, 4.69) is 13.0 Å². The van der Waals surface area contributed by atoms with Crippen LogP contribution in [0.15, 0.2) is 29.8 Å². The van der Waals surface area contributed by atoms with E-state index in [1.807, 2.05) is 31.2 Å². The van der Waals surface area contributed by atoms with Gasteiger partial charge in [-0.15, -0.1) is 0 Å². The van der Waals surface area contributed by atoms with Gasteiger partial charge in [-0.05, 0) is 36.8 Å². The summed E-state index contributed by atoms with van der Waals surface area (Å²) in [5, 5.41) is 0. The van der Waals surface area contributed by atoms with Crippen LogP contribution in [0, 0.1) is 0 Å². The minimum Gasteiger partial charge on any atom is -0.285 e. The van der Waals surface area contributed by atoms with E-state index in [9.17, 15) is 13.0 Å². The Morgan fingerprint density at radius 2 is 1.78 bits per heavy atom. The highest BCUT2D eigenvalue weighted by Gasteiger charge is 2.47. The maximum absolute atomic E-state index is 12.4. The largest absolute Gasteiger partial charge is 0.285 e. The average molecular weight is 336 g/mol. The second-order valence-electron chi connectivity index (χ2n) is 6.60. The van der Waals surface area contributed by atoms with Crippen molar-refractivity contribution in [1.82, 2.24) is 0 Å². The van der Waals surface area contributed by atoms with Crippen LogP contribution in [-0.2, 0) is 14.9 Å². The van der Waals surface area contributed by atoms with Gasteiger partial charge in [0.2, 0.25) is 0 Å². The van der Waals surface area contributed by atoms with E-state index in [1.165, 1.54) is 0 Å². The van der Waals surface area contributed by atoms with Gasteiger partial charge in [-0.1, -0.05) is 75.4 Å². The Balaban J connectivity index is 2.47. The van der Waals surface area contributed by atoms with Gasteiger partial charge in [0.25, 0.3) is 10.1 Å². The fourth-order valence-corrected chi connectivity index (χ4v) is 4.81. The van der Waals surface area contributed by atoms with Gasteiger partial charge in [0, 0.05) is 0 Å². The summed E-state index contributed by atoms with van der Waals surface area (Å²) >= 11 is 0. The van der Waals surface area contributed by atoms with Gasteiger partial charge in [0.1, 0.15) is 4.75 Å². The molecule has 0 bridgehead atoms. The molecule has 1 aliphatic rings. The molecule has 0 saturated carbocycles. The highest BCUT2D eigenvalue weighted by atomic mass is 32.2. The molecule has 0 aliphatic heterocycles. The molecule has 1 atom stereocenters.